The number of ether oxygens (including phenoxy) is 1. The van der Waals surface area contributed by atoms with Crippen LogP contribution in [0.1, 0.15) is 33.1 Å². The average molecular weight is 340 g/mol. The molecule has 2 heterocycles. The molecule has 6 nitrogen and oxygen atoms in total. The largest absolute Gasteiger partial charge is 0.379 e. The maximum atomic E-state index is 5.43. The number of hydrogen-bond donors (Lipinski definition) is 2. The summed E-state index contributed by atoms with van der Waals surface area (Å²) in [7, 11) is 2.22. The highest BCUT2D eigenvalue weighted by atomic mass is 16.5. The Balaban J connectivity index is 1.69. The van der Waals surface area contributed by atoms with E-state index in [2.05, 4.69) is 41.3 Å². The first-order valence-corrected chi connectivity index (χ1v) is 9.71. The van der Waals surface area contributed by atoms with E-state index in [1.165, 1.54) is 32.4 Å². The summed E-state index contributed by atoms with van der Waals surface area (Å²) in [6, 6.07) is 0.471. The summed E-state index contributed by atoms with van der Waals surface area (Å²) in [5.74, 6) is 1.83. The van der Waals surface area contributed by atoms with E-state index in [1.54, 1.807) is 0 Å². The van der Waals surface area contributed by atoms with Crippen LogP contribution in [0.25, 0.3) is 0 Å². The molecule has 140 valence electrons. The Labute approximate surface area is 148 Å². The van der Waals surface area contributed by atoms with Crippen molar-refractivity contribution in [3.8, 4) is 0 Å². The van der Waals surface area contributed by atoms with Gasteiger partial charge >= 0.3 is 0 Å². The number of aliphatic imine (C=N–C) groups is 1. The van der Waals surface area contributed by atoms with E-state index in [9.17, 15) is 0 Å². The summed E-state index contributed by atoms with van der Waals surface area (Å²) in [6.07, 6.45) is 3.91. The van der Waals surface area contributed by atoms with Crippen LogP contribution in [-0.2, 0) is 4.74 Å². The molecule has 2 aliphatic rings. The number of guanidine groups is 1. The van der Waals surface area contributed by atoms with Crippen molar-refractivity contribution < 1.29 is 4.74 Å². The fourth-order valence-electron chi connectivity index (χ4n) is 3.44. The highest BCUT2D eigenvalue weighted by Gasteiger charge is 2.17. The lowest BCUT2D eigenvalue weighted by atomic mass is 9.94. The van der Waals surface area contributed by atoms with Crippen molar-refractivity contribution in [1.29, 1.82) is 0 Å². The van der Waals surface area contributed by atoms with Crippen molar-refractivity contribution in [3.05, 3.63) is 0 Å². The molecular weight excluding hydrogens is 302 g/mol. The van der Waals surface area contributed by atoms with Crippen LogP contribution in [-0.4, -0.2) is 87.9 Å². The molecule has 1 atom stereocenters. The zero-order chi connectivity index (χ0) is 17.2. The first-order valence-electron chi connectivity index (χ1n) is 9.71. The highest BCUT2D eigenvalue weighted by Crippen LogP contribution is 2.18. The number of nitrogens with zero attached hydrogens (tertiary/aromatic N) is 3. The Morgan fingerprint density at radius 3 is 2.54 bits per heavy atom. The predicted molar refractivity (Wildman–Crippen MR) is 101 cm³/mol. The van der Waals surface area contributed by atoms with Crippen LogP contribution in [0.4, 0.5) is 0 Å². The third kappa shape index (κ3) is 6.95. The third-order valence-corrected chi connectivity index (χ3v) is 5.21. The lowest BCUT2D eigenvalue weighted by molar-refractivity contribution is 0.0220. The molecule has 0 spiro atoms. The smallest absolute Gasteiger partial charge is 0.191 e. The molecule has 0 bridgehead atoms. The van der Waals surface area contributed by atoms with Crippen LogP contribution in [0.3, 0.4) is 0 Å². The summed E-state index contributed by atoms with van der Waals surface area (Å²) in [6.45, 7) is 13.4. The minimum Gasteiger partial charge on any atom is -0.379 e. The van der Waals surface area contributed by atoms with E-state index >= 15 is 0 Å². The second-order valence-electron chi connectivity index (χ2n) is 7.18. The Morgan fingerprint density at radius 2 is 1.88 bits per heavy atom. The van der Waals surface area contributed by atoms with Gasteiger partial charge in [0.15, 0.2) is 5.96 Å². The van der Waals surface area contributed by atoms with Crippen LogP contribution in [0, 0.1) is 5.92 Å². The summed E-state index contributed by atoms with van der Waals surface area (Å²) < 4.78 is 5.43. The van der Waals surface area contributed by atoms with Crippen molar-refractivity contribution in [3.63, 3.8) is 0 Å². The third-order valence-electron chi connectivity index (χ3n) is 5.21. The average Bonchev–Trinajstić information content (AvgIpc) is 2.62. The fraction of sp³-hybridized carbons (Fsp3) is 0.944. The number of morpholine rings is 1. The van der Waals surface area contributed by atoms with E-state index < -0.39 is 0 Å². The van der Waals surface area contributed by atoms with Gasteiger partial charge in [0.25, 0.3) is 0 Å². The van der Waals surface area contributed by atoms with E-state index in [0.717, 1.165) is 57.8 Å². The lowest BCUT2D eigenvalue weighted by Gasteiger charge is -2.31. The summed E-state index contributed by atoms with van der Waals surface area (Å²) >= 11 is 0. The van der Waals surface area contributed by atoms with Crippen LogP contribution < -0.4 is 10.6 Å². The van der Waals surface area contributed by atoms with Gasteiger partial charge < -0.3 is 20.3 Å². The molecule has 0 aromatic carbocycles. The Kier molecular flexibility index (Phi) is 8.84. The Morgan fingerprint density at radius 1 is 1.17 bits per heavy atom. The molecule has 2 aliphatic heterocycles. The quantitative estimate of drug-likeness (QED) is 0.535. The molecule has 0 aliphatic carbocycles. The van der Waals surface area contributed by atoms with E-state index in [4.69, 9.17) is 9.73 Å². The molecule has 0 radical (unpaired) electrons. The molecule has 0 aromatic heterocycles. The Hall–Kier alpha value is -0.850. The van der Waals surface area contributed by atoms with Crippen molar-refractivity contribution >= 4 is 5.96 Å². The molecule has 6 heteroatoms. The molecule has 2 fully saturated rings. The van der Waals surface area contributed by atoms with Crippen molar-refractivity contribution in [2.45, 2.75) is 39.2 Å². The topological polar surface area (TPSA) is 52.1 Å². The van der Waals surface area contributed by atoms with Crippen molar-refractivity contribution in [1.82, 2.24) is 20.4 Å². The van der Waals surface area contributed by atoms with Crippen molar-refractivity contribution in [2.24, 2.45) is 10.9 Å². The standard InChI is InChI=1S/C18H37N5O/c1-4-19-18(20-8-5-17-6-9-22(3)10-7-17)21-15-16(2)23-11-13-24-14-12-23/h16-17H,4-15H2,1-3H3,(H2,19,20,21). The molecule has 2 N–H and O–H groups in total. The molecule has 0 amide bonds. The summed E-state index contributed by atoms with van der Waals surface area (Å²) in [5, 5.41) is 6.89. The highest BCUT2D eigenvalue weighted by molar-refractivity contribution is 5.79. The van der Waals surface area contributed by atoms with Gasteiger partial charge in [-0.25, -0.2) is 0 Å². The SMILES string of the molecule is CCNC(=NCC(C)N1CCOCC1)NCCC1CCN(C)CC1. The minimum atomic E-state index is 0.471. The van der Waals surface area contributed by atoms with Crippen molar-refractivity contribution in [2.75, 3.05) is 66.1 Å². The molecule has 2 saturated heterocycles. The normalized spacial score (nSPS) is 23.2. The first-order chi connectivity index (χ1) is 11.7. The number of likely N-dealkylation sites (tertiary alicyclic amines) is 1. The molecular formula is C18H37N5O. The maximum absolute atomic E-state index is 5.43. The predicted octanol–water partition coefficient (Wildman–Crippen LogP) is 0.994. The molecule has 1 unspecified atom stereocenters. The van der Waals surface area contributed by atoms with Gasteiger partial charge in [0, 0.05) is 32.2 Å². The van der Waals surface area contributed by atoms with Gasteiger partial charge in [0.2, 0.25) is 0 Å². The molecule has 0 saturated carbocycles. The van der Waals surface area contributed by atoms with Gasteiger partial charge in [-0.05, 0) is 59.2 Å². The van der Waals surface area contributed by atoms with Crippen LogP contribution in [0.5, 0.6) is 0 Å². The van der Waals surface area contributed by atoms with Crippen LogP contribution in [0.15, 0.2) is 4.99 Å². The number of piperidine rings is 1. The van der Waals surface area contributed by atoms with Gasteiger partial charge in [0.05, 0.1) is 19.8 Å². The summed E-state index contributed by atoms with van der Waals surface area (Å²) in [4.78, 5) is 9.69. The zero-order valence-electron chi connectivity index (χ0n) is 15.9. The number of rotatable bonds is 7. The van der Waals surface area contributed by atoms with Gasteiger partial charge in [-0.1, -0.05) is 0 Å². The second kappa shape index (κ2) is 10.9. The molecule has 0 aromatic rings. The van der Waals surface area contributed by atoms with Gasteiger partial charge in [0.1, 0.15) is 0 Å². The first kappa shape index (κ1) is 19.5. The van der Waals surface area contributed by atoms with Gasteiger partial charge in [-0.15, -0.1) is 0 Å². The minimum absolute atomic E-state index is 0.471. The van der Waals surface area contributed by atoms with E-state index in [1.807, 2.05) is 0 Å². The Bertz CT molecular complexity index is 362. The molecule has 2 rings (SSSR count). The second-order valence-corrected chi connectivity index (χ2v) is 7.18. The van der Waals surface area contributed by atoms with E-state index in [-0.39, 0.29) is 0 Å². The number of nitrogens with one attached hydrogen (secondary N) is 2. The summed E-state index contributed by atoms with van der Waals surface area (Å²) in [5.41, 5.74) is 0. The fourth-order valence-corrected chi connectivity index (χ4v) is 3.44. The van der Waals surface area contributed by atoms with Gasteiger partial charge in [-0.2, -0.15) is 0 Å². The van der Waals surface area contributed by atoms with Crippen LogP contribution >= 0.6 is 0 Å². The van der Waals surface area contributed by atoms with Gasteiger partial charge in [-0.3, -0.25) is 9.89 Å². The zero-order valence-corrected chi connectivity index (χ0v) is 15.9. The lowest BCUT2D eigenvalue weighted by Crippen LogP contribution is -2.44. The monoisotopic (exact) mass is 339 g/mol. The van der Waals surface area contributed by atoms with Crippen LogP contribution in [0.2, 0.25) is 0 Å². The molecule has 24 heavy (non-hydrogen) atoms. The number of hydrogen-bond acceptors (Lipinski definition) is 4. The van der Waals surface area contributed by atoms with E-state index in [0.29, 0.717) is 6.04 Å². The maximum Gasteiger partial charge on any atom is 0.191 e.